The fraction of sp³-hybridized carbons (Fsp3) is 0.424. The number of aryl methyl sites for hydroxylation is 2. The van der Waals surface area contributed by atoms with Gasteiger partial charge in [0, 0.05) is 17.1 Å². The summed E-state index contributed by atoms with van der Waals surface area (Å²) in [5.74, 6) is 1.60. The second kappa shape index (κ2) is 15.8. The smallest absolute Gasteiger partial charge is 0.0406 e. The minimum atomic E-state index is -0.191. The maximum atomic E-state index is 6.18. The van der Waals surface area contributed by atoms with Gasteiger partial charge in [0.25, 0.3) is 0 Å². The number of ether oxygens (including phenoxy) is 1. The Hall–Kier alpha value is -1.67. The molecule has 0 bridgehead atoms. The Balaban J connectivity index is 0.000000328. The number of halogens is 2. The summed E-state index contributed by atoms with van der Waals surface area (Å²) in [6, 6.07) is 25.3. The average Bonchev–Trinajstić information content (AvgIpc) is 2.87. The van der Waals surface area contributed by atoms with Crippen molar-refractivity contribution in [2.45, 2.75) is 84.8 Å². The van der Waals surface area contributed by atoms with Gasteiger partial charge in [-0.25, -0.2) is 0 Å². The molecule has 0 aliphatic rings. The molecular weight excluding hydrogens is 598 g/mol. The number of nitrogens with one attached hydrogen (secondary N) is 1. The third-order valence-corrected chi connectivity index (χ3v) is 7.96. The normalized spacial score (nSPS) is 13.3. The van der Waals surface area contributed by atoms with Crippen LogP contribution in [0.1, 0.15) is 76.6 Å². The minimum Gasteiger partial charge on any atom is -0.380 e. The summed E-state index contributed by atoms with van der Waals surface area (Å²) in [5.41, 5.74) is 6.46. The SMILES string of the molecule is CC(C)Oc1ccccc1[CH]=[Ru][Cl].CCc1cccc(C)c1NC(C)(C)CC(C)(CCCl)c1ccccc1. The zero-order chi connectivity index (χ0) is 28.2. The average molecular weight is 643 g/mol. The molecule has 0 radical (unpaired) electrons. The van der Waals surface area contributed by atoms with Crippen LogP contribution in [0.4, 0.5) is 5.69 Å². The van der Waals surface area contributed by atoms with Gasteiger partial charge in [-0.1, -0.05) is 62.4 Å². The molecule has 0 aromatic heterocycles. The van der Waals surface area contributed by atoms with Gasteiger partial charge in [0.2, 0.25) is 0 Å². The molecule has 0 heterocycles. The molecule has 5 heteroatoms. The van der Waals surface area contributed by atoms with Crippen LogP contribution < -0.4 is 10.1 Å². The fourth-order valence-corrected chi connectivity index (χ4v) is 6.44. The molecule has 209 valence electrons. The molecule has 38 heavy (non-hydrogen) atoms. The Labute approximate surface area is 247 Å². The van der Waals surface area contributed by atoms with Crippen molar-refractivity contribution in [1.29, 1.82) is 0 Å². The van der Waals surface area contributed by atoms with E-state index in [0.717, 1.165) is 30.6 Å². The molecule has 2 nitrogen and oxygen atoms in total. The maximum absolute atomic E-state index is 6.18. The molecule has 3 rings (SSSR count). The van der Waals surface area contributed by atoms with E-state index >= 15 is 0 Å². The fourth-order valence-electron chi connectivity index (χ4n) is 4.91. The second-order valence-electron chi connectivity index (χ2n) is 10.9. The van der Waals surface area contributed by atoms with E-state index in [9.17, 15) is 0 Å². The summed E-state index contributed by atoms with van der Waals surface area (Å²) in [6.45, 7) is 15.4. The van der Waals surface area contributed by atoms with Crippen LogP contribution in [0.2, 0.25) is 0 Å². The van der Waals surface area contributed by atoms with Crippen molar-refractivity contribution < 1.29 is 20.4 Å². The predicted molar refractivity (Wildman–Crippen MR) is 165 cm³/mol. The number of hydrogen-bond acceptors (Lipinski definition) is 2. The van der Waals surface area contributed by atoms with E-state index in [4.69, 9.17) is 26.0 Å². The Morgan fingerprint density at radius 2 is 1.61 bits per heavy atom. The van der Waals surface area contributed by atoms with Crippen LogP contribution in [0, 0.1) is 6.92 Å². The van der Waals surface area contributed by atoms with E-state index in [1.54, 1.807) is 0 Å². The summed E-state index contributed by atoms with van der Waals surface area (Å²) in [6.07, 6.45) is 3.24. The third-order valence-electron chi connectivity index (χ3n) is 6.58. The van der Waals surface area contributed by atoms with Crippen molar-refractivity contribution in [3.63, 3.8) is 0 Å². The molecule has 0 aliphatic heterocycles. The molecule has 1 unspecified atom stereocenters. The van der Waals surface area contributed by atoms with E-state index in [0.29, 0.717) is 5.88 Å². The van der Waals surface area contributed by atoms with Gasteiger partial charge in [-0.2, -0.15) is 0 Å². The van der Waals surface area contributed by atoms with Crippen LogP contribution in [0.25, 0.3) is 0 Å². The van der Waals surface area contributed by atoms with Gasteiger partial charge in [0.05, 0.1) is 0 Å². The zero-order valence-corrected chi connectivity index (χ0v) is 27.2. The van der Waals surface area contributed by atoms with E-state index in [2.05, 4.69) is 88.5 Å². The Morgan fingerprint density at radius 3 is 2.21 bits per heavy atom. The predicted octanol–water partition coefficient (Wildman–Crippen LogP) is 9.59. The first-order valence-corrected chi connectivity index (χ1v) is 17.1. The largest absolute Gasteiger partial charge is 0.380 e. The zero-order valence-electron chi connectivity index (χ0n) is 23.9. The van der Waals surface area contributed by atoms with Crippen LogP contribution in [-0.4, -0.2) is 22.1 Å². The summed E-state index contributed by atoms with van der Waals surface area (Å²) in [4.78, 5) is 0. The summed E-state index contributed by atoms with van der Waals surface area (Å²) in [5, 5.41) is 3.85. The Kier molecular flexibility index (Phi) is 13.5. The number of hydrogen-bond donors (Lipinski definition) is 1. The van der Waals surface area contributed by atoms with Crippen LogP contribution in [0.5, 0.6) is 5.75 Å². The van der Waals surface area contributed by atoms with Crippen molar-refractivity contribution in [3.05, 3.63) is 95.1 Å². The monoisotopic (exact) mass is 642 g/mol. The minimum absolute atomic E-state index is 0.0350. The van der Waals surface area contributed by atoms with Gasteiger partial charge in [0.1, 0.15) is 0 Å². The summed E-state index contributed by atoms with van der Waals surface area (Å²) in [7, 11) is 5.72. The van der Waals surface area contributed by atoms with Crippen LogP contribution in [-0.2, 0) is 27.5 Å². The van der Waals surface area contributed by atoms with Crippen molar-refractivity contribution in [2.24, 2.45) is 0 Å². The van der Waals surface area contributed by atoms with E-state index in [1.807, 2.05) is 42.7 Å². The molecule has 3 aromatic rings. The number of para-hydroxylation sites is 2. The number of anilines is 1. The van der Waals surface area contributed by atoms with Gasteiger partial charge >= 0.3 is 90.3 Å². The van der Waals surface area contributed by atoms with Crippen LogP contribution in [0.15, 0.2) is 72.8 Å². The number of benzene rings is 3. The first-order valence-electron chi connectivity index (χ1n) is 13.3. The third kappa shape index (κ3) is 10.1. The maximum Gasteiger partial charge on any atom is 0.0406 e. The first kappa shape index (κ1) is 32.5. The van der Waals surface area contributed by atoms with Gasteiger partial charge in [0.15, 0.2) is 0 Å². The molecule has 0 spiro atoms. The molecule has 0 fully saturated rings. The van der Waals surface area contributed by atoms with Gasteiger partial charge < -0.3 is 5.32 Å². The first-order chi connectivity index (χ1) is 18.0. The van der Waals surface area contributed by atoms with Crippen LogP contribution >= 0.6 is 21.3 Å². The molecule has 1 atom stereocenters. The van der Waals surface area contributed by atoms with Crippen molar-refractivity contribution >= 4 is 31.6 Å². The molecule has 0 aliphatic carbocycles. The molecule has 0 amide bonds. The van der Waals surface area contributed by atoms with Crippen molar-refractivity contribution in [2.75, 3.05) is 11.2 Å². The molecule has 1 N–H and O–H groups in total. The Bertz CT molecular complexity index is 1150. The van der Waals surface area contributed by atoms with Gasteiger partial charge in [-0.05, 0) is 62.1 Å². The molecule has 0 saturated heterocycles. The summed E-state index contributed by atoms with van der Waals surface area (Å²) < 4.78 is 7.66. The summed E-state index contributed by atoms with van der Waals surface area (Å²) >= 11 is 5.99. The topological polar surface area (TPSA) is 21.3 Å². The van der Waals surface area contributed by atoms with Crippen molar-refractivity contribution in [3.8, 4) is 5.75 Å². The number of rotatable bonds is 11. The number of alkyl halides is 1. The molecule has 0 saturated carbocycles. The van der Waals surface area contributed by atoms with Crippen molar-refractivity contribution in [1.82, 2.24) is 0 Å². The van der Waals surface area contributed by atoms with E-state index in [1.165, 1.54) is 22.4 Å². The van der Waals surface area contributed by atoms with E-state index < -0.39 is 0 Å². The molecule has 3 aromatic carbocycles. The quantitative estimate of drug-likeness (QED) is 0.166. The van der Waals surface area contributed by atoms with Gasteiger partial charge in [-0.3, -0.25) is 0 Å². The van der Waals surface area contributed by atoms with Crippen LogP contribution in [0.3, 0.4) is 0 Å². The second-order valence-corrected chi connectivity index (χ2v) is 13.1. The Morgan fingerprint density at radius 1 is 0.947 bits per heavy atom. The molecular formula is C33H44Cl2NORu. The van der Waals surface area contributed by atoms with E-state index in [-0.39, 0.29) is 32.7 Å². The standard InChI is InChI=1S/C23H32ClN.C10H12O.ClH.Ru/c1-6-19-12-10-11-18(2)21(19)25-22(3,4)17-23(5,15-16-24)20-13-8-7-9-14-20;1-8(2)11-10-7-5-4-6-9(10)3;;/h7-14,25H,6,15-17H2,1-5H3;3-8H,1-2H3;1H;/q;;;+1/p-1. The van der Waals surface area contributed by atoms with Gasteiger partial charge in [-0.15, -0.1) is 11.6 Å².